The number of hydrogen-bond acceptors (Lipinski definition) is 7. The maximum atomic E-state index is 11.0. The molecule has 0 atom stereocenters. The van der Waals surface area contributed by atoms with Crippen LogP contribution >= 0.6 is 0 Å². The number of methoxy groups -OCH3 is 2. The summed E-state index contributed by atoms with van der Waals surface area (Å²) in [7, 11) is -1.40. The Hall–Kier alpha value is -0.424. The predicted octanol–water partition coefficient (Wildman–Crippen LogP) is 0.488. The van der Waals surface area contributed by atoms with Gasteiger partial charge in [-0.15, -0.1) is 14.2 Å². The maximum Gasteiger partial charge on any atom is 3.00 e. The van der Waals surface area contributed by atoms with Crippen LogP contribution in [-0.2, 0) is 66.3 Å². The Labute approximate surface area is 153 Å². The van der Waals surface area contributed by atoms with Gasteiger partial charge in [-0.1, -0.05) is 0 Å². The van der Waals surface area contributed by atoms with E-state index >= 15 is 0 Å². The number of carbonyl (C=O) groups excluding carboxylic acids is 1. The van der Waals surface area contributed by atoms with Crippen molar-refractivity contribution in [2.45, 2.75) is 0 Å². The van der Waals surface area contributed by atoms with Crippen LogP contribution in [0.15, 0.2) is 14.2 Å². The molecule has 0 amide bonds. The van der Waals surface area contributed by atoms with Crippen molar-refractivity contribution in [3.05, 3.63) is 41.9 Å². The summed E-state index contributed by atoms with van der Waals surface area (Å²) in [5, 5.41) is 0. The summed E-state index contributed by atoms with van der Waals surface area (Å²) in [6.45, 7) is 0. The van der Waals surface area contributed by atoms with Crippen LogP contribution in [0.4, 0.5) is 0 Å². The molecule has 0 bridgehead atoms. The predicted molar refractivity (Wildman–Crippen MR) is 84.6 cm³/mol. The molecule has 1 aliphatic rings. The third kappa shape index (κ3) is 10.3. The number of esters is 1. The summed E-state index contributed by atoms with van der Waals surface area (Å²) >= 11 is 9.40. The molecule has 6 nitrogen and oxygen atoms in total. The van der Waals surface area contributed by atoms with E-state index in [4.69, 9.17) is 12.6 Å². The number of rotatable bonds is 3. The zero-order chi connectivity index (χ0) is 16.5. The summed E-state index contributed by atoms with van der Waals surface area (Å²) in [6.07, 6.45) is 10.9. The van der Waals surface area contributed by atoms with Crippen molar-refractivity contribution in [1.29, 1.82) is 0 Å². The van der Waals surface area contributed by atoms with Gasteiger partial charge in [-0.05, 0) is 32.1 Å². The van der Waals surface area contributed by atoms with E-state index in [0.29, 0.717) is 0 Å². The Bertz CT molecular complexity index is 505. The van der Waals surface area contributed by atoms with E-state index in [-0.39, 0.29) is 26.6 Å². The molecule has 1 rings (SSSR count). The van der Waals surface area contributed by atoms with Crippen LogP contribution in [0.25, 0.3) is 0 Å². The van der Waals surface area contributed by atoms with Crippen LogP contribution in [0.5, 0.6) is 0 Å². The van der Waals surface area contributed by atoms with Crippen molar-refractivity contribution >= 4 is 47.1 Å². The van der Waals surface area contributed by atoms with Crippen molar-refractivity contribution in [1.82, 2.24) is 0 Å². The van der Waals surface area contributed by atoms with Gasteiger partial charge in [0.1, 0.15) is 0 Å². The minimum atomic E-state index is -3.68. The SMILES string of the molecule is COC(=O)/C([S-])=C([S-])\C(=N\S(C)(=O)=O)OC.[CH]1[CH][CH][CH][CH]1.[Co+3]. The minimum Gasteiger partial charge on any atom is -0.776 e. The van der Waals surface area contributed by atoms with Gasteiger partial charge in [-0.25, -0.2) is 13.2 Å². The molecule has 123 valence electrons. The first-order valence-corrected chi connectivity index (χ1v) is 8.07. The molecule has 0 saturated heterocycles. The van der Waals surface area contributed by atoms with Gasteiger partial charge in [0.2, 0.25) is 5.90 Å². The van der Waals surface area contributed by atoms with Crippen molar-refractivity contribution in [3.8, 4) is 0 Å². The van der Waals surface area contributed by atoms with Gasteiger partial charge in [0.15, 0.2) is 0 Å². The molecule has 1 saturated carbocycles. The molecule has 5 radical (unpaired) electrons. The number of ether oxygens (including phenoxy) is 2. The second-order valence-corrected chi connectivity index (χ2v) is 5.91. The van der Waals surface area contributed by atoms with Crippen LogP contribution in [0.1, 0.15) is 0 Å². The Morgan fingerprint density at radius 3 is 1.64 bits per heavy atom. The zero-order valence-corrected chi connectivity index (χ0v) is 15.4. The van der Waals surface area contributed by atoms with Crippen molar-refractivity contribution in [2.24, 2.45) is 4.40 Å². The number of hydrogen-bond donors (Lipinski definition) is 0. The quantitative estimate of drug-likeness (QED) is 0.221. The van der Waals surface area contributed by atoms with Gasteiger partial charge in [0.05, 0.1) is 20.5 Å². The van der Waals surface area contributed by atoms with Crippen LogP contribution < -0.4 is 0 Å². The molecule has 0 N–H and O–H groups in total. The molecule has 1 aliphatic carbocycles. The molecule has 0 aromatic heterocycles. The molecule has 0 spiro atoms. The van der Waals surface area contributed by atoms with Crippen molar-refractivity contribution in [3.63, 3.8) is 0 Å². The maximum absolute atomic E-state index is 11.0. The molecule has 22 heavy (non-hydrogen) atoms. The minimum absolute atomic E-state index is 0. The molecule has 1 fully saturated rings. The smallest absolute Gasteiger partial charge is 0.776 e. The second kappa shape index (κ2) is 12.1. The summed E-state index contributed by atoms with van der Waals surface area (Å²) < 4.78 is 33.9. The third-order valence-electron chi connectivity index (χ3n) is 1.77. The van der Waals surface area contributed by atoms with E-state index in [1.807, 2.05) is 32.1 Å². The summed E-state index contributed by atoms with van der Waals surface area (Å²) in [5.41, 5.74) is 0. The first-order valence-electron chi connectivity index (χ1n) is 5.40. The summed E-state index contributed by atoms with van der Waals surface area (Å²) in [5.74, 6) is -1.26. The fourth-order valence-electron chi connectivity index (χ4n) is 0.925. The normalized spacial score (nSPS) is 15.7. The Morgan fingerprint density at radius 2 is 1.36 bits per heavy atom. The average Bonchev–Trinajstić information content (AvgIpc) is 3.00. The second-order valence-electron chi connectivity index (χ2n) is 3.45. The molecule has 0 aliphatic heterocycles. The van der Waals surface area contributed by atoms with Crippen LogP contribution in [-0.4, -0.2) is 40.8 Å². The summed E-state index contributed by atoms with van der Waals surface area (Å²) in [4.78, 5) is 10.4. The zero-order valence-electron chi connectivity index (χ0n) is 11.9. The molecular weight excluding hydrogens is 393 g/mol. The monoisotopic (exact) mass is 407 g/mol. The third-order valence-corrected chi connectivity index (χ3v) is 3.15. The molecule has 0 aromatic rings. The standard InChI is InChI=1S/C7H11NO5S3.C5H5.Co/c1-12-6(8-16(3,10)11)4(14)5(15)7(9)13-2;1-2-4-5-3-1;/h14-15H,1-3H3;1-5H;/q;;+3/p-2/b5-4-,8-6-;;. The first kappa shape index (κ1) is 23.8. The average molecular weight is 407 g/mol. The number of nitrogens with zero attached hydrogens (tertiary/aromatic N) is 1. The number of sulfonamides is 1. The van der Waals surface area contributed by atoms with Gasteiger partial charge < -0.3 is 34.7 Å². The van der Waals surface area contributed by atoms with Crippen molar-refractivity contribution in [2.75, 3.05) is 20.5 Å². The van der Waals surface area contributed by atoms with Gasteiger partial charge in [-0.2, -0.15) is 0 Å². The van der Waals surface area contributed by atoms with Gasteiger partial charge in [0.25, 0.3) is 10.0 Å². The largest absolute Gasteiger partial charge is 3.00 e. The Balaban J connectivity index is 0. The van der Waals surface area contributed by atoms with E-state index in [1.54, 1.807) is 0 Å². The first-order chi connectivity index (χ1) is 9.72. The molecule has 0 heterocycles. The molecule has 0 unspecified atom stereocenters. The Kier molecular flexibility index (Phi) is 13.1. The van der Waals surface area contributed by atoms with Crippen LogP contribution in [0, 0.1) is 32.1 Å². The molecule has 0 aromatic carbocycles. The van der Waals surface area contributed by atoms with Gasteiger partial charge >= 0.3 is 22.7 Å². The van der Waals surface area contributed by atoms with Crippen LogP contribution in [0.2, 0.25) is 0 Å². The fourth-order valence-corrected chi connectivity index (χ4v) is 1.83. The molecular formula is C12H14CoNO5S3+. The van der Waals surface area contributed by atoms with E-state index in [1.165, 1.54) is 0 Å². The Morgan fingerprint density at radius 1 is 0.955 bits per heavy atom. The van der Waals surface area contributed by atoms with E-state index in [0.717, 1.165) is 20.5 Å². The van der Waals surface area contributed by atoms with Crippen LogP contribution in [0.3, 0.4) is 0 Å². The fraction of sp³-hybridized carbons (Fsp3) is 0.250. The van der Waals surface area contributed by atoms with Gasteiger partial charge in [-0.3, -0.25) is 0 Å². The molecule has 10 heteroatoms. The summed E-state index contributed by atoms with van der Waals surface area (Å²) in [6, 6.07) is 0. The van der Waals surface area contributed by atoms with Gasteiger partial charge in [0, 0.05) is 0 Å². The van der Waals surface area contributed by atoms with E-state index < -0.39 is 21.9 Å². The number of carbonyl (C=O) groups is 1. The van der Waals surface area contributed by atoms with Crippen molar-refractivity contribution < 1.29 is 39.5 Å². The van der Waals surface area contributed by atoms with E-state index in [9.17, 15) is 13.2 Å². The van der Waals surface area contributed by atoms with E-state index in [2.05, 4.69) is 26.5 Å². The topological polar surface area (TPSA) is 82.0 Å².